The molecule has 0 bridgehead atoms. The maximum absolute atomic E-state index is 5.66. The van der Waals surface area contributed by atoms with Gasteiger partial charge in [0.25, 0.3) is 0 Å². The molecule has 0 unspecified atom stereocenters. The van der Waals surface area contributed by atoms with Gasteiger partial charge in [-0.3, -0.25) is 0 Å². The van der Waals surface area contributed by atoms with Crippen LogP contribution in [0.25, 0.3) is 10.9 Å². The van der Waals surface area contributed by atoms with E-state index in [1.807, 2.05) is 6.20 Å². The molecule has 1 saturated carbocycles. The van der Waals surface area contributed by atoms with Crippen LogP contribution in [0.5, 0.6) is 0 Å². The van der Waals surface area contributed by atoms with Crippen LogP contribution in [0.3, 0.4) is 0 Å². The summed E-state index contributed by atoms with van der Waals surface area (Å²) in [4.78, 5) is 13.3. The van der Waals surface area contributed by atoms with E-state index in [2.05, 4.69) is 31.7 Å². The smallest absolute Gasteiger partial charge is 0.137 e. The molecule has 1 aliphatic carbocycles. The third kappa shape index (κ3) is 3.59. The topological polar surface area (TPSA) is 72.0 Å². The van der Waals surface area contributed by atoms with Gasteiger partial charge in [0.15, 0.2) is 0 Å². The molecular formula is C18H25N5O. The van der Waals surface area contributed by atoms with Crippen LogP contribution >= 0.6 is 0 Å². The van der Waals surface area contributed by atoms with Gasteiger partial charge in [-0.2, -0.15) is 0 Å². The average molecular weight is 327 g/mol. The first-order chi connectivity index (χ1) is 11.9. The van der Waals surface area contributed by atoms with Gasteiger partial charge >= 0.3 is 0 Å². The standard InChI is InChI=1S/C18H25N5O/c1-2-5-13(6-3-1)23-18-15-9-17(19-10-14-7-4-8-24-14)20-11-16(15)21-12-22-18/h9,11-14H,1-8,10H2,(H,19,20)(H,21,22,23)/t14-/m0/s1. The third-order valence-electron chi connectivity index (χ3n) is 5.00. The number of fused-ring (bicyclic) bond motifs is 1. The summed E-state index contributed by atoms with van der Waals surface area (Å²) in [6.07, 6.45) is 12.4. The van der Waals surface area contributed by atoms with E-state index in [1.165, 1.54) is 32.1 Å². The Kier molecular flexibility index (Phi) is 4.74. The molecule has 2 fully saturated rings. The molecule has 2 aliphatic rings. The van der Waals surface area contributed by atoms with Crippen molar-refractivity contribution in [3.05, 3.63) is 18.6 Å². The minimum Gasteiger partial charge on any atom is -0.376 e. The van der Waals surface area contributed by atoms with E-state index in [1.54, 1.807) is 6.33 Å². The summed E-state index contributed by atoms with van der Waals surface area (Å²) < 4.78 is 5.66. The molecule has 24 heavy (non-hydrogen) atoms. The monoisotopic (exact) mass is 327 g/mol. The summed E-state index contributed by atoms with van der Waals surface area (Å²) >= 11 is 0. The van der Waals surface area contributed by atoms with Gasteiger partial charge in [-0.05, 0) is 31.7 Å². The van der Waals surface area contributed by atoms with Gasteiger partial charge in [-0.25, -0.2) is 15.0 Å². The summed E-state index contributed by atoms with van der Waals surface area (Å²) in [6, 6.07) is 2.57. The zero-order valence-corrected chi connectivity index (χ0v) is 14.0. The molecular weight excluding hydrogens is 302 g/mol. The number of pyridine rings is 1. The van der Waals surface area contributed by atoms with E-state index in [0.29, 0.717) is 12.1 Å². The normalized spacial score (nSPS) is 21.9. The molecule has 2 aromatic heterocycles. The Morgan fingerprint density at radius 1 is 1.04 bits per heavy atom. The van der Waals surface area contributed by atoms with Crippen molar-refractivity contribution >= 4 is 22.5 Å². The lowest BCUT2D eigenvalue weighted by Crippen LogP contribution is -2.23. The van der Waals surface area contributed by atoms with Crippen molar-refractivity contribution < 1.29 is 4.74 Å². The summed E-state index contributed by atoms with van der Waals surface area (Å²) in [5.41, 5.74) is 0.881. The van der Waals surface area contributed by atoms with Crippen LogP contribution < -0.4 is 10.6 Å². The second-order valence-electron chi connectivity index (χ2n) is 6.80. The molecule has 6 heteroatoms. The third-order valence-corrected chi connectivity index (χ3v) is 5.00. The highest BCUT2D eigenvalue weighted by molar-refractivity contribution is 5.90. The van der Waals surface area contributed by atoms with E-state index >= 15 is 0 Å². The summed E-state index contributed by atoms with van der Waals surface area (Å²) in [6.45, 7) is 1.68. The molecule has 1 atom stereocenters. The van der Waals surface area contributed by atoms with Crippen LogP contribution in [0.4, 0.5) is 11.6 Å². The van der Waals surface area contributed by atoms with Crippen LogP contribution in [-0.4, -0.2) is 40.2 Å². The summed E-state index contributed by atoms with van der Waals surface area (Å²) in [7, 11) is 0. The molecule has 0 spiro atoms. The number of anilines is 2. The highest BCUT2D eigenvalue weighted by atomic mass is 16.5. The Bertz CT molecular complexity index is 680. The first-order valence-electron chi connectivity index (χ1n) is 9.11. The van der Waals surface area contributed by atoms with Crippen LogP contribution in [0.15, 0.2) is 18.6 Å². The predicted molar refractivity (Wildman–Crippen MR) is 95.3 cm³/mol. The van der Waals surface area contributed by atoms with Gasteiger partial charge in [-0.15, -0.1) is 0 Å². The quantitative estimate of drug-likeness (QED) is 0.877. The van der Waals surface area contributed by atoms with E-state index in [0.717, 1.165) is 48.5 Å². The molecule has 3 heterocycles. The number of nitrogens with one attached hydrogen (secondary N) is 2. The lowest BCUT2D eigenvalue weighted by molar-refractivity contribution is 0.120. The maximum Gasteiger partial charge on any atom is 0.137 e. The van der Waals surface area contributed by atoms with Crippen molar-refractivity contribution in [2.75, 3.05) is 23.8 Å². The van der Waals surface area contributed by atoms with Crippen LogP contribution in [-0.2, 0) is 4.74 Å². The summed E-state index contributed by atoms with van der Waals surface area (Å²) in [5, 5.41) is 8.04. The Labute approximate surface area is 142 Å². The van der Waals surface area contributed by atoms with Gasteiger partial charge in [0.2, 0.25) is 0 Å². The largest absolute Gasteiger partial charge is 0.376 e. The number of nitrogens with zero attached hydrogens (tertiary/aromatic N) is 3. The summed E-state index contributed by atoms with van der Waals surface area (Å²) in [5.74, 6) is 1.79. The zero-order valence-electron chi connectivity index (χ0n) is 14.0. The number of aromatic nitrogens is 3. The van der Waals surface area contributed by atoms with Crippen molar-refractivity contribution in [3.63, 3.8) is 0 Å². The van der Waals surface area contributed by atoms with Gasteiger partial charge in [-0.1, -0.05) is 19.3 Å². The first-order valence-corrected chi connectivity index (χ1v) is 9.11. The number of ether oxygens (including phenoxy) is 1. The van der Waals surface area contributed by atoms with E-state index in [-0.39, 0.29) is 0 Å². The molecule has 2 aromatic rings. The second kappa shape index (κ2) is 7.30. The van der Waals surface area contributed by atoms with Gasteiger partial charge in [0.05, 0.1) is 17.8 Å². The van der Waals surface area contributed by atoms with Crippen LogP contribution in [0, 0.1) is 0 Å². The zero-order chi connectivity index (χ0) is 16.2. The Morgan fingerprint density at radius 2 is 1.96 bits per heavy atom. The molecule has 1 saturated heterocycles. The molecule has 1 aliphatic heterocycles. The minimum atomic E-state index is 0.300. The molecule has 4 rings (SSSR count). The fourth-order valence-electron chi connectivity index (χ4n) is 3.63. The average Bonchev–Trinajstić information content (AvgIpc) is 3.15. The second-order valence-corrected chi connectivity index (χ2v) is 6.80. The van der Waals surface area contributed by atoms with Crippen molar-refractivity contribution in [3.8, 4) is 0 Å². The Morgan fingerprint density at radius 3 is 2.79 bits per heavy atom. The van der Waals surface area contributed by atoms with E-state index in [4.69, 9.17) is 4.74 Å². The van der Waals surface area contributed by atoms with Crippen molar-refractivity contribution in [2.24, 2.45) is 0 Å². The molecule has 0 radical (unpaired) electrons. The molecule has 0 aromatic carbocycles. The highest BCUT2D eigenvalue weighted by Gasteiger charge is 2.17. The fourth-order valence-corrected chi connectivity index (χ4v) is 3.63. The van der Waals surface area contributed by atoms with E-state index in [9.17, 15) is 0 Å². The minimum absolute atomic E-state index is 0.300. The molecule has 2 N–H and O–H groups in total. The van der Waals surface area contributed by atoms with Crippen LogP contribution in [0.1, 0.15) is 44.9 Å². The van der Waals surface area contributed by atoms with Crippen LogP contribution in [0.2, 0.25) is 0 Å². The number of hydrogen-bond acceptors (Lipinski definition) is 6. The Hall–Kier alpha value is -1.95. The lowest BCUT2D eigenvalue weighted by atomic mass is 9.95. The van der Waals surface area contributed by atoms with Gasteiger partial charge in [0.1, 0.15) is 18.0 Å². The molecule has 128 valence electrons. The number of hydrogen-bond donors (Lipinski definition) is 2. The molecule has 6 nitrogen and oxygen atoms in total. The van der Waals surface area contributed by atoms with Crippen molar-refractivity contribution in [2.45, 2.75) is 57.1 Å². The molecule has 0 amide bonds. The van der Waals surface area contributed by atoms with Crippen molar-refractivity contribution in [1.29, 1.82) is 0 Å². The first kappa shape index (κ1) is 15.6. The lowest BCUT2D eigenvalue weighted by Gasteiger charge is -2.23. The highest BCUT2D eigenvalue weighted by Crippen LogP contribution is 2.26. The maximum atomic E-state index is 5.66. The van der Waals surface area contributed by atoms with Gasteiger partial charge in [0, 0.05) is 24.6 Å². The Balaban J connectivity index is 1.51. The SMILES string of the molecule is c1nc(NC2CCCCC2)c2cc(NC[C@@H]3CCCO3)ncc2n1. The van der Waals surface area contributed by atoms with Gasteiger partial charge < -0.3 is 15.4 Å². The van der Waals surface area contributed by atoms with Crippen molar-refractivity contribution in [1.82, 2.24) is 15.0 Å². The predicted octanol–water partition coefficient (Wildman–Crippen LogP) is 3.36. The number of rotatable bonds is 5. The van der Waals surface area contributed by atoms with E-state index < -0.39 is 0 Å². The fraction of sp³-hybridized carbons (Fsp3) is 0.611.